The van der Waals surface area contributed by atoms with Crippen molar-refractivity contribution in [1.82, 2.24) is 0 Å². The van der Waals surface area contributed by atoms with Crippen molar-refractivity contribution >= 4 is 27.4 Å². The summed E-state index contributed by atoms with van der Waals surface area (Å²) in [5, 5.41) is 0. The Morgan fingerprint density at radius 2 is 2.00 bits per heavy atom. The van der Waals surface area contributed by atoms with Crippen LogP contribution in [-0.4, -0.2) is 11.9 Å². The zero-order valence-corrected chi connectivity index (χ0v) is 13.9. The van der Waals surface area contributed by atoms with Crippen LogP contribution >= 0.6 is 15.9 Å². The highest BCUT2D eigenvalue weighted by Gasteiger charge is 2.27. The maximum absolute atomic E-state index is 11.8. The molecule has 1 aromatic carbocycles. The lowest BCUT2D eigenvalue weighted by molar-refractivity contribution is 0.0943. The Morgan fingerprint density at radius 3 is 2.60 bits per heavy atom. The predicted molar refractivity (Wildman–Crippen MR) is 85.2 cm³/mol. The molecule has 3 nitrogen and oxygen atoms in total. The van der Waals surface area contributed by atoms with E-state index in [9.17, 15) is 4.79 Å². The number of anilines is 1. The lowest BCUT2D eigenvalue weighted by Gasteiger charge is -2.32. The first kappa shape index (κ1) is 15.4. The molecule has 0 spiro atoms. The van der Waals surface area contributed by atoms with Crippen LogP contribution in [0, 0.1) is 11.8 Å². The van der Waals surface area contributed by atoms with E-state index in [4.69, 9.17) is 10.5 Å². The van der Waals surface area contributed by atoms with Crippen molar-refractivity contribution in [3.05, 3.63) is 22.2 Å². The summed E-state index contributed by atoms with van der Waals surface area (Å²) in [6, 6.07) is 3.57. The van der Waals surface area contributed by atoms with Crippen LogP contribution in [0.15, 0.2) is 16.6 Å². The zero-order valence-electron chi connectivity index (χ0n) is 12.3. The number of ether oxygens (including phenoxy) is 1. The molecule has 110 valence electrons. The lowest BCUT2D eigenvalue weighted by atomic mass is 9.80. The van der Waals surface area contributed by atoms with Crippen molar-refractivity contribution in [2.45, 2.75) is 46.1 Å². The van der Waals surface area contributed by atoms with Crippen molar-refractivity contribution in [2.75, 3.05) is 5.73 Å². The Balaban J connectivity index is 2.23. The molecule has 2 rings (SSSR count). The Labute approximate surface area is 129 Å². The van der Waals surface area contributed by atoms with Crippen molar-refractivity contribution < 1.29 is 9.53 Å². The topological polar surface area (TPSA) is 52.3 Å². The van der Waals surface area contributed by atoms with Gasteiger partial charge in [0.25, 0.3) is 0 Å². The number of carbonyl (C=O) groups is 1. The van der Waals surface area contributed by atoms with Crippen LogP contribution in [0.1, 0.15) is 50.4 Å². The molecule has 0 saturated heterocycles. The number of benzene rings is 1. The monoisotopic (exact) mass is 339 g/mol. The van der Waals surface area contributed by atoms with E-state index in [0.717, 1.165) is 29.7 Å². The molecule has 20 heavy (non-hydrogen) atoms. The smallest absolute Gasteiger partial charge is 0.163 e. The van der Waals surface area contributed by atoms with Gasteiger partial charge in [0.1, 0.15) is 0 Å². The fourth-order valence-corrected chi connectivity index (χ4v) is 3.26. The molecule has 1 aliphatic carbocycles. The Kier molecular flexibility index (Phi) is 4.74. The Bertz CT molecular complexity index is 515. The van der Waals surface area contributed by atoms with Gasteiger partial charge in [-0.1, -0.05) is 29.8 Å². The van der Waals surface area contributed by atoms with E-state index in [1.165, 1.54) is 0 Å². The second-order valence-electron chi connectivity index (χ2n) is 5.94. The molecule has 2 N–H and O–H groups in total. The number of hydrogen-bond donors (Lipinski definition) is 1. The minimum absolute atomic E-state index is 0.0229. The molecule has 0 heterocycles. The van der Waals surface area contributed by atoms with Crippen LogP contribution in [0.4, 0.5) is 5.69 Å². The minimum atomic E-state index is -0.0229. The number of ketones is 1. The Hall–Kier alpha value is -1.03. The molecule has 4 heteroatoms. The van der Waals surface area contributed by atoms with Gasteiger partial charge in [0, 0.05) is 4.47 Å². The average molecular weight is 340 g/mol. The number of rotatable bonds is 3. The lowest BCUT2D eigenvalue weighted by Crippen LogP contribution is -2.29. The quantitative estimate of drug-likeness (QED) is 0.654. The number of halogens is 1. The van der Waals surface area contributed by atoms with E-state index < -0.39 is 0 Å². The van der Waals surface area contributed by atoms with Crippen LogP contribution in [0.2, 0.25) is 0 Å². The highest BCUT2D eigenvalue weighted by Crippen LogP contribution is 2.36. The van der Waals surface area contributed by atoms with Gasteiger partial charge in [-0.05, 0) is 50.2 Å². The van der Waals surface area contributed by atoms with Gasteiger partial charge in [-0.15, -0.1) is 0 Å². The zero-order chi connectivity index (χ0) is 14.9. The first-order chi connectivity index (χ1) is 9.38. The number of carbonyl (C=O) groups excluding carboxylic acids is 1. The first-order valence-electron chi connectivity index (χ1n) is 7.15. The molecule has 3 atom stereocenters. The van der Waals surface area contributed by atoms with Gasteiger partial charge in [0.2, 0.25) is 0 Å². The Morgan fingerprint density at radius 1 is 1.30 bits per heavy atom. The fraction of sp³-hybridized carbons (Fsp3) is 0.562. The number of nitrogens with two attached hydrogens (primary N) is 1. The van der Waals surface area contributed by atoms with Crippen molar-refractivity contribution in [2.24, 2.45) is 11.8 Å². The minimum Gasteiger partial charge on any atom is -0.487 e. The van der Waals surface area contributed by atoms with E-state index in [0.29, 0.717) is 22.9 Å². The van der Waals surface area contributed by atoms with Gasteiger partial charge in [-0.3, -0.25) is 4.79 Å². The molecule has 3 unspecified atom stereocenters. The maximum Gasteiger partial charge on any atom is 0.163 e. The van der Waals surface area contributed by atoms with Crippen LogP contribution < -0.4 is 10.5 Å². The molecule has 0 bridgehead atoms. The molecule has 1 aliphatic rings. The third-order valence-electron chi connectivity index (χ3n) is 4.30. The molecule has 1 saturated carbocycles. The summed E-state index contributed by atoms with van der Waals surface area (Å²) in [4.78, 5) is 11.8. The highest BCUT2D eigenvalue weighted by atomic mass is 79.9. The molecule has 1 aromatic rings. The SMILES string of the molecule is CC(=O)c1cc(Br)cc(N)c1OC1CCC(C)C(C)C1. The van der Waals surface area contributed by atoms with Crippen molar-refractivity contribution in [3.63, 3.8) is 0 Å². The van der Waals surface area contributed by atoms with Crippen molar-refractivity contribution in [1.29, 1.82) is 0 Å². The van der Waals surface area contributed by atoms with Crippen LogP contribution in [0.3, 0.4) is 0 Å². The van der Waals surface area contributed by atoms with E-state index in [1.54, 1.807) is 19.1 Å². The molecule has 0 aliphatic heterocycles. The fourth-order valence-electron chi connectivity index (χ4n) is 2.78. The number of nitrogen functional groups attached to an aromatic ring is 1. The van der Waals surface area contributed by atoms with E-state index in [-0.39, 0.29) is 11.9 Å². The van der Waals surface area contributed by atoms with Crippen LogP contribution in [-0.2, 0) is 0 Å². The van der Waals surface area contributed by atoms with E-state index in [1.807, 2.05) is 0 Å². The van der Waals surface area contributed by atoms with Gasteiger partial charge in [0.15, 0.2) is 11.5 Å². The van der Waals surface area contributed by atoms with E-state index >= 15 is 0 Å². The molecule has 0 amide bonds. The number of Topliss-reactive ketones (excluding diaryl/α,β-unsaturated/α-hetero) is 1. The van der Waals surface area contributed by atoms with Gasteiger partial charge >= 0.3 is 0 Å². The number of hydrogen-bond acceptors (Lipinski definition) is 3. The average Bonchev–Trinajstić information content (AvgIpc) is 2.36. The van der Waals surface area contributed by atoms with Gasteiger partial charge in [-0.25, -0.2) is 0 Å². The second kappa shape index (κ2) is 6.17. The van der Waals surface area contributed by atoms with Gasteiger partial charge in [-0.2, -0.15) is 0 Å². The van der Waals surface area contributed by atoms with Crippen LogP contribution in [0.5, 0.6) is 5.75 Å². The molecule has 0 aromatic heterocycles. The molecule has 0 radical (unpaired) electrons. The molecule has 1 fully saturated rings. The third kappa shape index (κ3) is 3.35. The second-order valence-corrected chi connectivity index (χ2v) is 6.85. The van der Waals surface area contributed by atoms with E-state index in [2.05, 4.69) is 29.8 Å². The summed E-state index contributed by atoms with van der Waals surface area (Å²) in [5.41, 5.74) is 7.11. The summed E-state index contributed by atoms with van der Waals surface area (Å²) >= 11 is 3.37. The summed E-state index contributed by atoms with van der Waals surface area (Å²) < 4.78 is 6.89. The summed E-state index contributed by atoms with van der Waals surface area (Å²) in [6.45, 7) is 6.09. The first-order valence-corrected chi connectivity index (χ1v) is 7.94. The van der Waals surface area contributed by atoms with Gasteiger partial charge in [0.05, 0.1) is 17.4 Å². The molecular formula is C16H22BrNO2. The maximum atomic E-state index is 11.8. The summed E-state index contributed by atoms with van der Waals surface area (Å²) in [7, 11) is 0. The largest absolute Gasteiger partial charge is 0.487 e. The van der Waals surface area contributed by atoms with Crippen molar-refractivity contribution in [3.8, 4) is 5.75 Å². The normalized spacial score (nSPS) is 26.3. The highest BCUT2D eigenvalue weighted by molar-refractivity contribution is 9.10. The van der Waals surface area contributed by atoms with Crippen LogP contribution in [0.25, 0.3) is 0 Å². The predicted octanol–water partition coefficient (Wildman–Crippen LogP) is 4.44. The van der Waals surface area contributed by atoms with Gasteiger partial charge < -0.3 is 10.5 Å². The molecular weight excluding hydrogens is 318 g/mol. The summed E-state index contributed by atoms with van der Waals surface area (Å²) in [6.07, 6.45) is 3.37. The third-order valence-corrected chi connectivity index (χ3v) is 4.75. The standard InChI is InChI=1S/C16H22BrNO2/c1-9-4-5-13(6-10(9)2)20-16-14(11(3)19)7-12(17)8-15(16)18/h7-10,13H,4-6,18H2,1-3H3. The summed E-state index contributed by atoms with van der Waals surface area (Å²) in [5.74, 6) is 1.91.